The zero-order valence-electron chi connectivity index (χ0n) is 25.5. The maximum Gasteiger partial charge on any atom is 0.155 e. The van der Waals surface area contributed by atoms with Crippen molar-refractivity contribution in [1.82, 2.24) is 0 Å². The molecule has 4 heteroatoms. The molecule has 222 valence electrons. The monoisotopic (exact) mass is 558 g/mol. The average molecular weight is 559 g/mol. The topological polar surface area (TPSA) is 74.6 Å². The molecule has 0 amide bonds. The van der Waals surface area contributed by atoms with Gasteiger partial charge in [-0.1, -0.05) is 32.4 Å². The summed E-state index contributed by atoms with van der Waals surface area (Å²) in [5.74, 6) is 5.36. The smallest absolute Gasteiger partial charge is 0.155 e. The quantitative estimate of drug-likeness (QED) is 0.342. The molecule has 4 nitrogen and oxygen atoms in total. The van der Waals surface area contributed by atoms with E-state index in [9.17, 15) is 19.8 Å². The van der Waals surface area contributed by atoms with Crippen molar-refractivity contribution in [3.05, 3.63) is 41.0 Å². The van der Waals surface area contributed by atoms with Crippen LogP contribution < -0.4 is 0 Å². The number of fused-ring (bicyclic) bond motifs is 10. The number of carbonyl (C=O) groups excluding carboxylic acids is 2. The lowest BCUT2D eigenvalue weighted by Crippen LogP contribution is -2.51. The van der Waals surface area contributed by atoms with Gasteiger partial charge in [-0.2, -0.15) is 0 Å². The second-order valence-corrected chi connectivity index (χ2v) is 15.8. The third kappa shape index (κ3) is 4.16. The van der Waals surface area contributed by atoms with Crippen LogP contribution in [-0.2, 0) is 16.0 Å². The van der Waals surface area contributed by atoms with Gasteiger partial charge < -0.3 is 10.2 Å². The van der Waals surface area contributed by atoms with Crippen LogP contribution in [0.25, 0.3) is 0 Å². The van der Waals surface area contributed by atoms with E-state index in [4.69, 9.17) is 0 Å². The van der Waals surface area contributed by atoms with Crippen LogP contribution in [0.3, 0.4) is 0 Å². The number of hydrogen-bond acceptors (Lipinski definition) is 4. The fourth-order valence-corrected chi connectivity index (χ4v) is 11.9. The van der Waals surface area contributed by atoms with Crippen LogP contribution in [0.15, 0.2) is 29.8 Å². The zero-order valence-corrected chi connectivity index (χ0v) is 25.5. The Morgan fingerprint density at radius 3 is 2.34 bits per heavy atom. The number of Topliss-reactive ketones (excluding diaryl/α,β-unsaturated/α-hetero) is 1. The maximum absolute atomic E-state index is 12.3. The van der Waals surface area contributed by atoms with E-state index in [0.717, 1.165) is 69.6 Å². The van der Waals surface area contributed by atoms with E-state index >= 15 is 0 Å². The van der Waals surface area contributed by atoms with Crippen molar-refractivity contribution in [1.29, 1.82) is 0 Å². The van der Waals surface area contributed by atoms with E-state index in [1.807, 2.05) is 18.2 Å². The summed E-state index contributed by atoms with van der Waals surface area (Å²) in [6.07, 6.45) is 17.0. The van der Waals surface area contributed by atoms with E-state index in [2.05, 4.69) is 26.8 Å². The first-order valence-electron chi connectivity index (χ1n) is 16.8. The molecule has 0 spiro atoms. The van der Waals surface area contributed by atoms with Crippen LogP contribution in [0.4, 0.5) is 0 Å². The number of phenols is 1. The van der Waals surface area contributed by atoms with Gasteiger partial charge in [0.05, 0.1) is 6.10 Å². The minimum Gasteiger partial charge on any atom is -0.508 e. The third-order valence-electron chi connectivity index (χ3n) is 14.3. The molecule has 0 unspecified atom stereocenters. The number of aliphatic hydroxyl groups excluding tert-OH is 1. The molecule has 1 aromatic rings. The summed E-state index contributed by atoms with van der Waals surface area (Å²) >= 11 is 0. The number of allylic oxidation sites excluding steroid dienone is 1. The van der Waals surface area contributed by atoms with Crippen molar-refractivity contribution in [2.75, 3.05) is 0 Å². The van der Waals surface area contributed by atoms with Crippen molar-refractivity contribution in [2.45, 2.75) is 123 Å². The number of carbonyl (C=O) groups is 2. The lowest BCUT2D eigenvalue weighted by atomic mass is 9.47. The number of phenolic OH excluding ortho intramolecular Hbond substituents is 1. The first-order chi connectivity index (χ1) is 19.5. The van der Waals surface area contributed by atoms with Gasteiger partial charge in [0.1, 0.15) is 11.5 Å². The van der Waals surface area contributed by atoms with Gasteiger partial charge in [0.15, 0.2) is 5.78 Å². The number of hydrogen-bond donors (Lipinski definition) is 2. The summed E-state index contributed by atoms with van der Waals surface area (Å²) < 4.78 is 0. The van der Waals surface area contributed by atoms with E-state index in [0.29, 0.717) is 41.0 Å². The number of aromatic hydroxyl groups is 1. The Kier molecular flexibility index (Phi) is 6.66. The van der Waals surface area contributed by atoms with E-state index in [1.165, 1.54) is 48.8 Å². The normalized spacial score (nSPS) is 46.0. The molecule has 2 N–H and O–H groups in total. The highest BCUT2D eigenvalue weighted by Crippen LogP contribution is 2.65. The van der Waals surface area contributed by atoms with Gasteiger partial charge >= 0.3 is 0 Å². The van der Waals surface area contributed by atoms with E-state index < -0.39 is 0 Å². The van der Waals surface area contributed by atoms with Gasteiger partial charge in [-0.3, -0.25) is 9.59 Å². The summed E-state index contributed by atoms with van der Waals surface area (Å²) in [6, 6.07) is 5.90. The molecule has 5 fully saturated rings. The number of aryl methyl sites for hydroxylation is 1. The molecule has 10 atom stereocenters. The van der Waals surface area contributed by atoms with Gasteiger partial charge in [-0.25, -0.2) is 0 Å². The van der Waals surface area contributed by atoms with Crippen molar-refractivity contribution in [3.8, 4) is 5.75 Å². The Balaban J connectivity index is 0.000000135. The molecule has 0 aliphatic heterocycles. The highest BCUT2D eigenvalue weighted by molar-refractivity contribution is 5.91. The standard InChI is InChI=1S/C19H28O2.C18H22O2/c1-18-9-7-13(20)11-12(18)3-4-14-15-5-6-17(21)19(15,2)10-8-16(14)18;1-18-9-8-14-13-5-3-12(19)10-11(13)2-4-15(14)16(18)6-7-17(18)20/h11,14-17,21H,3-10H2,1-2H3;3,5,10,14-16,19H,2,4,6-9H2,1H3/t14-,15-,16-,17-,18-,19-;14-,15-,16+,18+/m01/s1. The fraction of sp³-hybridized carbons (Fsp3) is 0.730. The van der Waals surface area contributed by atoms with Crippen LogP contribution in [0.1, 0.15) is 121 Å². The Hall–Kier alpha value is -1.94. The largest absolute Gasteiger partial charge is 0.508 e. The molecular weight excluding hydrogens is 508 g/mol. The lowest BCUT2D eigenvalue weighted by molar-refractivity contribution is -0.129. The van der Waals surface area contributed by atoms with Crippen molar-refractivity contribution in [3.63, 3.8) is 0 Å². The lowest BCUT2D eigenvalue weighted by Gasteiger charge is -2.57. The molecule has 7 aliphatic rings. The second-order valence-electron chi connectivity index (χ2n) is 15.8. The van der Waals surface area contributed by atoms with Crippen LogP contribution in [0.2, 0.25) is 0 Å². The molecule has 0 aromatic heterocycles. The van der Waals surface area contributed by atoms with Crippen LogP contribution in [0, 0.1) is 45.8 Å². The number of benzene rings is 1. The summed E-state index contributed by atoms with van der Waals surface area (Å²) in [7, 11) is 0. The van der Waals surface area contributed by atoms with Gasteiger partial charge in [0, 0.05) is 18.3 Å². The highest BCUT2D eigenvalue weighted by atomic mass is 16.3. The minimum atomic E-state index is -0.0823. The van der Waals surface area contributed by atoms with Crippen LogP contribution in [0.5, 0.6) is 5.75 Å². The Labute approximate surface area is 246 Å². The minimum absolute atomic E-state index is 0.0322. The van der Waals surface area contributed by atoms with Crippen molar-refractivity contribution >= 4 is 11.6 Å². The molecule has 41 heavy (non-hydrogen) atoms. The second kappa shape index (κ2) is 9.79. The molecule has 0 radical (unpaired) electrons. The number of aliphatic hydroxyl groups is 1. The molecular formula is C37H50O4. The van der Waals surface area contributed by atoms with E-state index in [-0.39, 0.29) is 22.3 Å². The first-order valence-corrected chi connectivity index (χ1v) is 16.8. The number of rotatable bonds is 0. The Bertz CT molecular complexity index is 1280. The molecule has 1 aromatic carbocycles. The highest BCUT2D eigenvalue weighted by Gasteiger charge is 2.59. The fourth-order valence-electron chi connectivity index (χ4n) is 11.9. The summed E-state index contributed by atoms with van der Waals surface area (Å²) in [5.41, 5.74) is 4.63. The maximum atomic E-state index is 12.3. The van der Waals surface area contributed by atoms with Gasteiger partial charge in [-0.15, -0.1) is 0 Å². The van der Waals surface area contributed by atoms with Gasteiger partial charge in [-0.05, 0) is 153 Å². The average Bonchev–Trinajstić information content (AvgIpc) is 3.43. The van der Waals surface area contributed by atoms with Crippen molar-refractivity contribution < 1.29 is 19.8 Å². The Morgan fingerprint density at radius 1 is 0.732 bits per heavy atom. The summed E-state index contributed by atoms with van der Waals surface area (Å²) in [4.78, 5) is 24.0. The molecule has 5 saturated carbocycles. The summed E-state index contributed by atoms with van der Waals surface area (Å²) in [5, 5.41) is 20.1. The summed E-state index contributed by atoms with van der Waals surface area (Å²) in [6.45, 7) is 6.98. The molecule has 0 heterocycles. The van der Waals surface area contributed by atoms with Crippen molar-refractivity contribution in [2.24, 2.45) is 45.8 Å². The van der Waals surface area contributed by atoms with Crippen LogP contribution >= 0.6 is 0 Å². The van der Waals surface area contributed by atoms with E-state index in [1.54, 1.807) is 0 Å². The predicted octanol–water partition coefficient (Wildman–Crippen LogP) is 7.70. The molecule has 0 saturated heterocycles. The predicted molar refractivity (Wildman–Crippen MR) is 160 cm³/mol. The molecule has 8 rings (SSSR count). The van der Waals surface area contributed by atoms with Gasteiger partial charge in [0.2, 0.25) is 0 Å². The zero-order chi connectivity index (χ0) is 28.7. The first kappa shape index (κ1) is 27.9. The molecule has 7 aliphatic carbocycles. The SMILES string of the molecule is C[C@]12CC[C@@H]3c4ccc(O)cc4CC[C@H]3[C@@H]1CCC2=O.C[C@]12CC[C@H]3[C@@H](CCC4=CC(=O)CC[C@@]43C)[C@@H]1CC[C@@H]2O. The molecule has 0 bridgehead atoms. The van der Waals surface area contributed by atoms with Gasteiger partial charge in [0.25, 0.3) is 0 Å². The van der Waals surface area contributed by atoms with Crippen LogP contribution in [-0.4, -0.2) is 27.9 Å². The Morgan fingerprint density at radius 2 is 1.51 bits per heavy atom. The number of ketones is 2. The third-order valence-corrected chi connectivity index (χ3v) is 14.3.